The van der Waals surface area contributed by atoms with Crippen molar-refractivity contribution in [2.75, 3.05) is 5.73 Å². The molecule has 0 fully saturated rings. The minimum Gasteiger partial charge on any atom is -0.383 e. The van der Waals surface area contributed by atoms with E-state index in [1.54, 1.807) is 18.5 Å². The van der Waals surface area contributed by atoms with Crippen LogP contribution in [-0.2, 0) is 0 Å². The Labute approximate surface area is 92.1 Å². The summed E-state index contributed by atoms with van der Waals surface area (Å²) in [6, 6.07) is 7.07. The molecule has 0 aliphatic heterocycles. The summed E-state index contributed by atoms with van der Waals surface area (Å²) in [5, 5.41) is 0. The van der Waals surface area contributed by atoms with E-state index in [1.165, 1.54) is 0 Å². The fourth-order valence-electron chi connectivity index (χ4n) is 1.35. The SMILES string of the molecule is NC(=O)c1cc(-c2ccccn2)cnc1N. The first kappa shape index (κ1) is 10.1. The predicted octanol–water partition coefficient (Wildman–Crippen LogP) is 0.825. The van der Waals surface area contributed by atoms with Gasteiger partial charge in [0.05, 0.1) is 11.3 Å². The van der Waals surface area contributed by atoms with Crippen molar-refractivity contribution in [2.24, 2.45) is 5.73 Å². The molecule has 0 spiro atoms. The molecule has 0 radical (unpaired) electrons. The summed E-state index contributed by atoms with van der Waals surface area (Å²) < 4.78 is 0. The number of carbonyl (C=O) groups is 1. The summed E-state index contributed by atoms with van der Waals surface area (Å²) in [6.45, 7) is 0. The Morgan fingerprint density at radius 2 is 2.06 bits per heavy atom. The molecule has 0 aromatic carbocycles. The van der Waals surface area contributed by atoms with Gasteiger partial charge in [-0.15, -0.1) is 0 Å². The van der Waals surface area contributed by atoms with Gasteiger partial charge < -0.3 is 11.5 Å². The third kappa shape index (κ3) is 1.83. The average Bonchev–Trinajstić information content (AvgIpc) is 2.30. The Hall–Kier alpha value is -2.43. The molecule has 2 aromatic heterocycles. The molecule has 2 heterocycles. The van der Waals surface area contributed by atoms with Crippen LogP contribution in [-0.4, -0.2) is 15.9 Å². The lowest BCUT2D eigenvalue weighted by Crippen LogP contribution is -2.14. The van der Waals surface area contributed by atoms with Crippen molar-refractivity contribution in [3.8, 4) is 11.3 Å². The molecule has 0 aliphatic rings. The lowest BCUT2D eigenvalue weighted by atomic mass is 10.1. The van der Waals surface area contributed by atoms with E-state index >= 15 is 0 Å². The molecule has 0 saturated carbocycles. The van der Waals surface area contributed by atoms with E-state index in [2.05, 4.69) is 9.97 Å². The first-order chi connectivity index (χ1) is 7.68. The molecule has 80 valence electrons. The summed E-state index contributed by atoms with van der Waals surface area (Å²) in [6.07, 6.45) is 3.22. The summed E-state index contributed by atoms with van der Waals surface area (Å²) in [7, 11) is 0. The summed E-state index contributed by atoms with van der Waals surface area (Å²) in [4.78, 5) is 19.1. The molecule has 16 heavy (non-hydrogen) atoms. The number of aromatic nitrogens is 2. The Balaban J connectivity index is 2.52. The van der Waals surface area contributed by atoms with Crippen molar-refractivity contribution in [1.82, 2.24) is 9.97 Å². The van der Waals surface area contributed by atoms with Gasteiger partial charge in [0.15, 0.2) is 0 Å². The number of nitrogens with zero attached hydrogens (tertiary/aromatic N) is 2. The quantitative estimate of drug-likeness (QED) is 0.773. The van der Waals surface area contributed by atoms with Crippen LogP contribution in [0.5, 0.6) is 0 Å². The van der Waals surface area contributed by atoms with Crippen molar-refractivity contribution < 1.29 is 4.79 Å². The minimum atomic E-state index is -0.595. The van der Waals surface area contributed by atoms with E-state index in [0.29, 0.717) is 5.56 Å². The standard InChI is InChI=1S/C11H10N4O/c12-10-8(11(13)16)5-7(6-15-10)9-3-1-2-4-14-9/h1-6H,(H2,12,15)(H2,13,16). The monoisotopic (exact) mass is 214 g/mol. The number of amides is 1. The fraction of sp³-hybridized carbons (Fsp3) is 0. The predicted molar refractivity (Wildman–Crippen MR) is 60.4 cm³/mol. The summed E-state index contributed by atoms with van der Waals surface area (Å²) in [5.74, 6) is -0.463. The van der Waals surface area contributed by atoms with Gasteiger partial charge in [-0.1, -0.05) is 6.07 Å². The van der Waals surface area contributed by atoms with Crippen LogP contribution in [0.4, 0.5) is 5.82 Å². The van der Waals surface area contributed by atoms with Crippen LogP contribution in [0, 0.1) is 0 Å². The molecule has 5 nitrogen and oxygen atoms in total. The van der Waals surface area contributed by atoms with Crippen LogP contribution < -0.4 is 11.5 Å². The number of primary amides is 1. The highest BCUT2D eigenvalue weighted by Gasteiger charge is 2.09. The number of pyridine rings is 2. The maximum Gasteiger partial charge on any atom is 0.252 e. The summed E-state index contributed by atoms with van der Waals surface area (Å²) >= 11 is 0. The zero-order chi connectivity index (χ0) is 11.5. The second-order valence-electron chi connectivity index (χ2n) is 3.24. The molecule has 4 N–H and O–H groups in total. The molecule has 0 atom stereocenters. The molecule has 0 unspecified atom stereocenters. The van der Waals surface area contributed by atoms with Gasteiger partial charge in [0.2, 0.25) is 0 Å². The Kier molecular flexibility index (Phi) is 2.51. The highest BCUT2D eigenvalue weighted by molar-refractivity contribution is 5.98. The topological polar surface area (TPSA) is 94.9 Å². The zero-order valence-corrected chi connectivity index (χ0v) is 8.42. The molecule has 0 bridgehead atoms. The molecule has 0 saturated heterocycles. The van der Waals surface area contributed by atoms with E-state index in [9.17, 15) is 4.79 Å². The third-order valence-electron chi connectivity index (χ3n) is 2.14. The van der Waals surface area contributed by atoms with Crippen molar-refractivity contribution in [2.45, 2.75) is 0 Å². The van der Waals surface area contributed by atoms with Gasteiger partial charge in [0.25, 0.3) is 5.91 Å². The third-order valence-corrected chi connectivity index (χ3v) is 2.14. The first-order valence-electron chi connectivity index (χ1n) is 4.65. The first-order valence-corrected chi connectivity index (χ1v) is 4.65. The van der Waals surface area contributed by atoms with Crippen LogP contribution >= 0.6 is 0 Å². The zero-order valence-electron chi connectivity index (χ0n) is 8.42. The van der Waals surface area contributed by atoms with E-state index in [4.69, 9.17) is 11.5 Å². The minimum absolute atomic E-state index is 0.132. The van der Waals surface area contributed by atoms with Gasteiger partial charge >= 0.3 is 0 Å². The van der Waals surface area contributed by atoms with E-state index in [1.807, 2.05) is 18.2 Å². The van der Waals surface area contributed by atoms with E-state index < -0.39 is 5.91 Å². The van der Waals surface area contributed by atoms with Crippen molar-refractivity contribution in [3.05, 3.63) is 42.2 Å². The lowest BCUT2D eigenvalue weighted by molar-refractivity contribution is 0.100. The van der Waals surface area contributed by atoms with Crippen molar-refractivity contribution in [3.63, 3.8) is 0 Å². The van der Waals surface area contributed by atoms with Gasteiger partial charge in [-0.05, 0) is 18.2 Å². The smallest absolute Gasteiger partial charge is 0.252 e. The normalized spacial score (nSPS) is 10.0. The second-order valence-corrected chi connectivity index (χ2v) is 3.24. The number of hydrogen-bond donors (Lipinski definition) is 2. The van der Waals surface area contributed by atoms with Gasteiger partial charge in [-0.2, -0.15) is 0 Å². The fourth-order valence-corrected chi connectivity index (χ4v) is 1.35. The van der Waals surface area contributed by atoms with Gasteiger partial charge in [-0.25, -0.2) is 4.98 Å². The Morgan fingerprint density at radius 3 is 2.69 bits per heavy atom. The molecular weight excluding hydrogens is 204 g/mol. The van der Waals surface area contributed by atoms with Gasteiger partial charge in [-0.3, -0.25) is 9.78 Å². The van der Waals surface area contributed by atoms with E-state index in [-0.39, 0.29) is 11.4 Å². The maximum absolute atomic E-state index is 11.1. The highest BCUT2D eigenvalue weighted by atomic mass is 16.1. The molecule has 5 heteroatoms. The molecule has 0 aliphatic carbocycles. The van der Waals surface area contributed by atoms with Crippen LogP contribution in [0.1, 0.15) is 10.4 Å². The molecule has 2 aromatic rings. The van der Waals surface area contributed by atoms with Gasteiger partial charge in [0, 0.05) is 18.0 Å². The number of carbonyl (C=O) groups excluding carboxylic acids is 1. The largest absolute Gasteiger partial charge is 0.383 e. The maximum atomic E-state index is 11.1. The second kappa shape index (κ2) is 3.98. The Bertz CT molecular complexity index is 525. The van der Waals surface area contributed by atoms with Crippen molar-refractivity contribution >= 4 is 11.7 Å². The van der Waals surface area contributed by atoms with E-state index in [0.717, 1.165) is 5.69 Å². The molecule has 2 rings (SSSR count). The summed E-state index contributed by atoms with van der Waals surface area (Å²) in [5.41, 5.74) is 12.4. The number of hydrogen-bond acceptors (Lipinski definition) is 4. The molecular formula is C11H10N4O. The van der Waals surface area contributed by atoms with Gasteiger partial charge in [0.1, 0.15) is 5.82 Å². The van der Waals surface area contributed by atoms with Crippen LogP contribution in [0.3, 0.4) is 0 Å². The van der Waals surface area contributed by atoms with Crippen LogP contribution in [0.15, 0.2) is 36.7 Å². The number of anilines is 1. The molecule has 1 amide bonds. The van der Waals surface area contributed by atoms with Crippen LogP contribution in [0.25, 0.3) is 11.3 Å². The average molecular weight is 214 g/mol. The number of nitrogen functional groups attached to an aromatic ring is 1. The lowest BCUT2D eigenvalue weighted by Gasteiger charge is -2.04. The number of nitrogens with two attached hydrogens (primary N) is 2. The van der Waals surface area contributed by atoms with Crippen LogP contribution in [0.2, 0.25) is 0 Å². The Morgan fingerprint density at radius 1 is 1.25 bits per heavy atom. The highest BCUT2D eigenvalue weighted by Crippen LogP contribution is 2.19. The number of rotatable bonds is 2. The van der Waals surface area contributed by atoms with Crippen molar-refractivity contribution in [1.29, 1.82) is 0 Å².